The number of imide groups is 1. The third-order valence-corrected chi connectivity index (χ3v) is 21.0. The number of ether oxygens (including phenoxy) is 2. The predicted octanol–water partition coefficient (Wildman–Crippen LogP) is 12.7. The summed E-state index contributed by atoms with van der Waals surface area (Å²) in [5.41, 5.74) is 15.0. The van der Waals surface area contributed by atoms with Gasteiger partial charge in [-0.25, -0.2) is 29.1 Å². The molecule has 0 saturated carbocycles. The molecule has 24 nitrogen and oxygen atoms in total. The fraction of sp³-hybridized carbons (Fsp3) is 0.429. The summed E-state index contributed by atoms with van der Waals surface area (Å²) in [6.45, 7) is 9.33. The number of carbonyl (C=O) groups excluding carboxylic acids is 8. The van der Waals surface area contributed by atoms with E-state index in [1.807, 2.05) is 132 Å². The number of urea groups is 2. The Hall–Kier alpha value is -8.06. The topological polar surface area (TPSA) is 314 Å². The zero-order valence-electron chi connectivity index (χ0n) is 60.6. The van der Waals surface area contributed by atoms with Crippen molar-refractivity contribution < 1.29 is 68.9 Å². The summed E-state index contributed by atoms with van der Waals surface area (Å²) in [7, 11) is 3.31. The van der Waals surface area contributed by atoms with Gasteiger partial charge in [0.2, 0.25) is 23.6 Å². The van der Waals surface area contributed by atoms with Gasteiger partial charge in [0, 0.05) is 114 Å². The molecule has 8 aromatic rings. The first-order valence-electron chi connectivity index (χ1n) is 35.1. The Morgan fingerprint density at radius 2 is 0.832 bits per heavy atom. The van der Waals surface area contributed by atoms with Gasteiger partial charge in [-0.15, -0.1) is 69.3 Å². The number of nitrogens with two attached hydrogens (primary N) is 1. The number of rotatable bonds is 37. The molecule has 1 aliphatic heterocycles. The summed E-state index contributed by atoms with van der Waals surface area (Å²) in [6.07, 6.45) is 7.21. The van der Waals surface area contributed by atoms with Gasteiger partial charge in [0.25, 0.3) is 0 Å². The molecule has 1 saturated heterocycles. The number of halogens is 1. The number of benzene rings is 4. The summed E-state index contributed by atoms with van der Waals surface area (Å²) < 4.78 is 11.0. The number of thiazole rings is 4. The average molecular weight is 1820 g/mol. The largest absolute Gasteiger partial charge is 0.444 e. The maximum Gasteiger partial charge on any atom is 0.407 e. The summed E-state index contributed by atoms with van der Waals surface area (Å²) in [5.74, 6) is -0.748. The standard InChI is InChI=1S/C40H49N7O6S2.C36H47N7O4S2.CH4.HI.W/c1-27(2)38-43-32(25-54-38)23-46(3)39(51)45-34(18-19-47-35(48)16-17-36(47)49)37(50)42-30(20-28-10-6-4-7-11-28)14-15-31(21-29-12-8-5-9-13-29)44-40(52)53-24-33-22-41-26-55-33;1-25(2)34-40-30(23-48-34)21-43(3)35(45)42-32(16-17-37)33(44)39-28(18-26-10-6-4-7-11-26)14-15-29(19-27-12-8-5-9-13-27)41-36(46)47-22-31-20-38-24-49-31;;;/h4-13,22,25-27,30-31,34H,14-21,23-24H2,1-3H3,(H,42,50)(H,44,52)(H,45,51);4-13,20,23-25,28-29,32H,14-19,21-22,37H2,1-3H3,(H,39,44)(H,41,46)(H,42,45);1H4;1H;/t30-,31-,34-;28-,29-,32-;;;/m00.../s1. The molecule has 4 aromatic carbocycles. The van der Waals surface area contributed by atoms with E-state index in [1.54, 1.807) is 48.8 Å². The van der Waals surface area contributed by atoms with Crippen LogP contribution in [-0.2, 0) is 102 Å². The molecule has 10 amide bonds. The van der Waals surface area contributed by atoms with Crippen molar-refractivity contribution in [2.75, 3.05) is 27.2 Å². The minimum atomic E-state index is -1.05. The Kier molecular flexibility index (Phi) is 39.9. The van der Waals surface area contributed by atoms with Gasteiger partial charge in [-0.2, -0.15) is 0 Å². The van der Waals surface area contributed by atoms with Crippen LogP contribution in [0.2, 0.25) is 0 Å². The first-order valence-corrected chi connectivity index (χ1v) is 38.6. The van der Waals surface area contributed by atoms with E-state index < -0.39 is 36.2 Å². The van der Waals surface area contributed by atoms with Gasteiger partial charge < -0.3 is 56.9 Å². The van der Waals surface area contributed by atoms with E-state index in [1.165, 1.54) is 43.8 Å². The van der Waals surface area contributed by atoms with Crippen LogP contribution in [0.1, 0.15) is 152 Å². The number of nitrogens with zero attached hydrogens (tertiary/aromatic N) is 7. The Labute approximate surface area is 675 Å². The van der Waals surface area contributed by atoms with Crippen LogP contribution in [0.4, 0.5) is 19.2 Å². The predicted molar refractivity (Wildman–Crippen MR) is 428 cm³/mol. The van der Waals surface area contributed by atoms with Crippen LogP contribution in [0.3, 0.4) is 0 Å². The van der Waals surface area contributed by atoms with Gasteiger partial charge in [0.05, 0.1) is 55.3 Å². The molecule has 0 radical (unpaired) electrons. The number of aromatic nitrogens is 4. The molecule has 0 aliphatic carbocycles. The van der Waals surface area contributed by atoms with Crippen LogP contribution < -0.4 is 37.6 Å². The fourth-order valence-corrected chi connectivity index (χ4v) is 14.2. The fourth-order valence-electron chi connectivity index (χ4n) is 11.5. The average Bonchev–Trinajstić information content (AvgIpc) is 1.78. The summed E-state index contributed by atoms with van der Waals surface area (Å²) in [6, 6.07) is 35.5. The molecule has 5 heterocycles. The third kappa shape index (κ3) is 31.6. The smallest absolute Gasteiger partial charge is 0.407 e. The van der Waals surface area contributed by atoms with E-state index in [4.69, 9.17) is 15.2 Å². The van der Waals surface area contributed by atoms with Gasteiger partial charge in [0.15, 0.2) is 0 Å². The van der Waals surface area contributed by atoms with Gasteiger partial charge in [-0.1, -0.05) is 156 Å². The molecule has 30 heteroatoms. The monoisotopic (exact) mass is 1820 g/mol. The van der Waals surface area contributed by atoms with Gasteiger partial charge in [-0.3, -0.25) is 34.0 Å². The molecule has 8 N–H and O–H groups in total. The zero-order valence-corrected chi connectivity index (χ0v) is 69.1. The normalized spacial score (nSPS) is 13.3. The van der Waals surface area contributed by atoms with Crippen LogP contribution in [0.15, 0.2) is 156 Å². The van der Waals surface area contributed by atoms with Gasteiger partial charge in [0.1, 0.15) is 25.3 Å². The number of nitrogens with one attached hydrogen (secondary N) is 6. The van der Waals surface area contributed by atoms with Crippen LogP contribution in [0.25, 0.3) is 0 Å². The molecule has 107 heavy (non-hydrogen) atoms. The van der Waals surface area contributed by atoms with Crippen molar-refractivity contribution in [2.24, 2.45) is 5.73 Å². The Bertz CT molecular complexity index is 3930. The van der Waals surface area contributed by atoms with Crippen molar-refractivity contribution >= 4 is 117 Å². The van der Waals surface area contributed by atoms with E-state index in [-0.39, 0.29) is 165 Å². The molecule has 1 aliphatic rings. The number of hydrogen-bond acceptors (Lipinski definition) is 19. The SMILES string of the molecule is C.CC(C)c1nc(CN(C)C(=O)N[C@@H](CCN)C(=O)N[C@@H](CC[C@@H](Cc2ccccc2)NC(=O)OCc2cncs2)Cc2ccccc2)cs1.CC(C)c1nc(CN(C)C(=O)N[C@@H](CCN2C(=O)CCC2=O)C(=O)N[C@@H](CC[C@@H](Cc2ccccc2)NC(=O)OCc2cncs2)Cc2ccccc2)cs1.I.[W]. The van der Waals surface area contributed by atoms with Crippen LogP contribution in [0.5, 0.6) is 0 Å². The Balaban J connectivity index is 0.000000376. The number of likely N-dealkylation sites (tertiary alicyclic amines) is 1. The number of hydrogen-bond donors (Lipinski definition) is 7. The number of amides is 10. The molecule has 576 valence electrons. The number of alkyl carbamates (subject to hydrolysis) is 2. The quantitative estimate of drug-likeness (QED) is 0.0141. The third-order valence-electron chi connectivity index (χ3n) is 17.1. The molecule has 0 spiro atoms. The van der Waals surface area contributed by atoms with Crippen LogP contribution >= 0.6 is 69.3 Å². The second-order valence-electron chi connectivity index (χ2n) is 26.3. The van der Waals surface area contributed by atoms with Crippen molar-refractivity contribution in [1.82, 2.24) is 66.5 Å². The molecular formula is C77H101IN14O10S4W. The summed E-state index contributed by atoms with van der Waals surface area (Å²) >= 11 is 5.94. The van der Waals surface area contributed by atoms with E-state index in [2.05, 4.69) is 79.5 Å². The number of carbonyl (C=O) groups is 8. The minimum absolute atomic E-state index is 0. The van der Waals surface area contributed by atoms with E-state index in [0.29, 0.717) is 63.8 Å². The zero-order chi connectivity index (χ0) is 74.2. The second-order valence-corrected chi connectivity index (χ2v) is 30.0. The Morgan fingerprint density at radius 1 is 0.495 bits per heavy atom. The van der Waals surface area contributed by atoms with Crippen LogP contribution in [0, 0.1) is 0 Å². The molecule has 6 atom stereocenters. The van der Waals surface area contributed by atoms with Gasteiger partial charge in [-0.05, 0) is 93.0 Å². The van der Waals surface area contributed by atoms with E-state index >= 15 is 0 Å². The summed E-state index contributed by atoms with van der Waals surface area (Å²) in [4.78, 5) is 128. The second kappa shape index (κ2) is 47.7. The summed E-state index contributed by atoms with van der Waals surface area (Å²) in [5, 5.41) is 24.0. The molecule has 0 unspecified atom stereocenters. The molecule has 1 fully saturated rings. The van der Waals surface area contributed by atoms with Crippen molar-refractivity contribution in [1.29, 1.82) is 0 Å². The van der Waals surface area contributed by atoms with Crippen molar-refractivity contribution in [3.05, 3.63) is 209 Å². The molecule has 9 rings (SSSR count). The van der Waals surface area contributed by atoms with Crippen molar-refractivity contribution in [2.45, 2.75) is 187 Å². The Morgan fingerprint density at radius 3 is 1.14 bits per heavy atom. The van der Waals surface area contributed by atoms with Crippen molar-refractivity contribution in [3.63, 3.8) is 0 Å². The van der Waals surface area contributed by atoms with E-state index in [9.17, 15) is 38.4 Å². The first kappa shape index (κ1) is 89.6. The van der Waals surface area contributed by atoms with Gasteiger partial charge >= 0.3 is 24.2 Å². The van der Waals surface area contributed by atoms with Crippen molar-refractivity contribution in [3.8, 4) is 0 Å². The maximum absolute atomic E-state index is 14.2. The first-order chi connectivity index (χ1) is 50.2. The molecule has 4 aromatic heterocycles. The van der Waals surface area contributed by atoms with Crippen LogP contribution in [-0.4, -0.2) is 146 Å². The molecule has 0 bridgehead atoms. The molecular weight excluding hydrogens is 1720 g/mol. The van der Waals surface area contributed by atoms with E-state index in [0.717, 1.165) is 58.3 Å². The maximum atomic E-state index is 14.2. The minimum Gasteiger partial charge on any atom is -0.444 e.